The zero-order valence-electron chi connectivity index (χ0n) is 12.7. The van der Waals surface area contributed by atoms with Gasteiger partial charge in [0, 0.05) is 18.0 Å². The van der Waals surface area contributed by atoms with Crippen molar-refractivity contribution in [1.82, 2.24) is 0 Å². The highest BCUT2D eigenvalue weighted by Crippen LogP contribution is 2.28. The Bertz CT molecular complexity index is 547. The molecule has 0 radical (unpaired) electrons. The third-order valence-corrected chi connectivity index (χ3v) is 2.55. The van der Waals surface area contributed by atoms with E-state index in [-0.39, 0.29) is 30.3 Å². The highest BCUT2D eigenvalue weighted by molar-refractivity contribution is 6.14. The Morgan fingerprint density at radius 2 is 1.77 bits per heavy atom. The molecule has 0 aliphatic rings. The molecular weight excluding hydrogens is 290 g/mol. The summed E-state index contributed by atoms with van der Waals surface area (Å²) >= 11 is 0. The highest BCUT2D eigenvalue weighted by Gasteiger charge is 2.20. The Hall–Kier alpha value is -2.70. The number of aromatic hydroxyl groups is 1. The fourth-order valence-corrected chi connectivity index (χ4v) is 1.54. The van der Waals surface area contributed by atoms with Crippen LogP contribution >= 0.6 is 0 Å². The number of rotatable bonds is 7. The van der Waals surface area contributed by atoms with E-state index >= 15 is 0 Å². The molecule has 0 aliphatic heterocycles. The Kier molecular flexibility index (Phi) is 6.75. The molecule has 0 saturated heterocycles. The van der Waals surface area contributed by atoms with E-state index in [2.05, 4.69) is 5.32 Å². The van der Waals surface area contributed by atoms with Crippen molar-refractivity contribution in [3.8, 4) is 11.5 Å². The minimum atomic E-state index is -0.779. The number of hydrogen-bond donors (Lipinski definition) is 2. The number of hydrogen-bond acceptors (Lipinski definition) is 7. The smallest absolute Gasteiger partial charge is 0.347 e. The number of methoxy groups -OCH3 is 1. The van der Waals surface area contributed by atoms with Crippen molar-refractivity contribution in [2.24, 2.45) is 0 Å². The van der Waals surface area contributed by atoms with Gasteiger partial charge in [0.2, 0.25) is 0 Å². The van der Waals surface area contributed by atoms with Crippen LogP contribution in [0.5, 0.6) is 11.5 Å². The Morgan fingerprint density at radius 3 is 2.27 bits per heavy atom. The predicted octanol–water partition coefficient (Wildman–Crippen LogP) is 1.82. The summed E-state index contributed by atoms with van der Waals surface area (Å²) in [5.41, 5.74) is 0.261. The van der Waals surface area contributed by atoms with E-state index in [4.69, 9.17) is 14.2 Å². The molecular formula is C15H19NO6. The molecule has 7 nitrogen and oxygen atoms in total. The SMILES string of the molecule is CCOC(=O)C(=CNc1ccc(O)c(OC)c1)C(=O)OCC. The molecule has 0 heterocycles. The Morgan fingerprint density at radius 1 is 1.18 bits per heavy atom. The van der Waals surface area contributed by atoms with Crippen molar-refractivity contribution in [1.29, 1.82) is 0 Å². The first-order valence-electron chi connectivity index (χ1n) is 6.71. The second-order valence-corrected chi connectivity index (χ2v) is 4.03. The van der Waals surface area contributed by atoms with Gasteiger partial charge in [-0.15, -0.1) is 0 Å². The molecule has 22 heavy (non-hydrogen) atoms. The van der Waals surface area contributed by atoms with Gasteiger partial charge in [0.1, 0.15) is 0 Å². The van der Waals surface area contributed by atoms with Crippen molar-refractivity contribution >= 4 is 17.6 Å². The molecule has 2 N–H and O–H groups in total. The number of carbonyl (C=O) groups excluding carboxylic acids is 2. The maximum absolute atomic E-state index is 11.8. The third-order valence-electron chi connectivity index (χ3n) is 2.55. The van der Waals surface area contributed by atoms with E-state index in [1.54, 1.807) is 19.9 Å². The van der Waals surface area contributed by atoms with Gasteiger partial charge >= 0.3 is 11.9 Å². The van der Waals surface area contributed by atoms with Crippen molar-refractivity contribution < 1.29 is 28.9 Å². The summed E-state index contributed by atoms with van der Waals surface area (Å²) in [5, 5.41) is 12.3. The summed E-state index contributed by atoms with van der Waals surface area (Å²) in [7, 11) is 1.41. The largest absolute Gasteiger partial charge is 0.504 e. The number of esters is 2. The lowest BCUT2D eigenvalue weighted by Crippen LogP contribution is -2.19. The van der Waals surface area contributed by atoms with Crippen molar-refractivity contribution in [3.05, 3.63) is 30.0 Å². The van der Waals surface area contributed by atoms with E-state index in [0.29, 0.717) is 5.69 Å². The first kappa shape index (κ1) is 17.4. The first-order valence-corrected chi connectivity index (χ1v) is 6.71. The molecule has 0 unspecified atom stereocenters. The van der Waals surface area contributed by atoms with Crippen LogP contribution in [0.4, 0.5) is 5.69 Å². The lowest BCUT2D eigenvalue weighted by atomic mass is 10.2. The summed E-state index contributed by atoms with van der Waals surface area (Å²) in [6.45, 7) is 3.56. The topological polar surface area (TPSA) is 94.1 Å². The normalized spacial score (nSPS) is 9.59. The van der Waals surface area contributed by atoms with E-state index < -0.39 is 11.9 Å². The van der Waals surface area contributed by atoms with Gasteiger partial charge in [-0.3, -0.25) is 0 Å². The zero-order chi connectivity index (χ0) is 16.5. The van der Waals surface area contributed by atoms with Crippen LogP contribution in [0.2, 0.25) is 0 Å². The maximum atomic E-state index is 11.8. The van der Waals surface area contributed by atoms with E-state index in [9.17, 15) is 14.7 Å². The van der Waals surface area contributed by atoms with Crippen LogP contribution < -0.4 is 10.1 Å². The van der Waals surface area contributed by atoms with Gasteiger partial charge in [-0.05, 0) is 26.0 Å². The van der Waals surface area contributed by atoms with Gasteiger partial charge in [0.15, 0.2) is 17.1 Å². The predicted molar refractivity (Wildman–Crippen MR) is 79.6 cm³/mol. The zero-order valence-corrected chi connectivity index (χ0v) is 12.7. The number of phenolic OH excluding ortho intramolecular Hbond substituents is 1. The first-order chi connectivity index (χ1) is 10.5. The van der Waals surface area contributed by atoms with Crippen LogP contribution in [0.25, 0.3) is 0 Å². The molecule has 0 aliphatic carbocycles. The monoisotopic (exact) mass is 309 g/mol. The molecule has 0 bridgehead atoms. The fraction of sp³-hybridized carbons (Fsp3) is 0.333. The van der Waals surface area contributed by atoms with Gasteiger partial charge in [-0.25, -0.2) is 9.59 Å². The number of carbonyl (C=O) groups is 2. The molecule has 0 fully saturated rings. The van der Waals surface area contributed by atoms with Crippen LogP contribution in [0, 0.1) is 0 Å². The number of ether oxygens (including phenoxy) is 3. The van der Waals surface area contributed by atoms with Crippen LogP contribution in [0.3, 0.4) is 0 Å². The van der Waals surface area contributed by atoms with Crippen molar-refractivity contribution in [2.75, 3.05) is 25.6 Å². The number of nitrogens with one attached hydrogen (secondary N) is 1. The fourth-order valence-electron chi connectivity index (χ4n) is 1.54. The molecule has 0 saturated carbocycles. The van der Waals surface area contributed by atoms with Crippen LogP contribution in [-0.2, 0) is 19.1 Å². The van der Waals surface area contributed by atoms with E-state index in [0.717, 1.165) is 0 Å². The molecule has 0 spiro atoms. The van der Waals surface area contributed by atoms with Gasteiger partial charge in [0.25, 0.3) is 0 Å². The molecule has 0 aromatic heterocycles. The minimum Gasteiger partial charge on any atom is -0.504 e. The number of phenols is 1. The second-order valence-electron chi connectivity index (χ2n) is 4.03. The van der Waals surface area contributed by atoms with E-state index in [1.165, 1.54) is 25.4 Å². The molecule has 1 aromatic rings. The summed E-state index contributed by atoms with van der Waals surface area (Å²) < 4.78 is 14.6. The van der Waals surface area contributed by atoms with Crippen molar-refractivity contribution in [3.63, 3.8) is 0 Å². The lowest BCUT2D eigenvalue weighted by molar-refractivity contribution is -0.146. The van der Waals surface area contributed by atoms with Gasteiger partial charge < -0.3 is 24.6 Å². The summed E-state index contributed by atoms with van der Waals surface area (Å²) in [6.07, 6.45) is 1.20. The lowest BCUT2D eigenvalue weighted by Gasteiger charge is -2.09. The van der Waals surface area contributed by atoms with Crippen LogP contribution in [-0.4, -0.2) is 37.4 Å². The van der Waals surface area contributed by atoms with Gasteiger partial charge in [-0.2, -0.15) is 0 Å². The highest BCUT2D eigenvalue weighted by atomic mass is 16.6. The molecule has 120 valence electrons. The Labute approximate surface area is 128 Å². The maximum Gasteiger partial charge on any atom is 0.347 e. The molecule has 1 rings (SSSR count). The van der Waals surface area contributed by atoms with Crippen molar-refractivity contribution in [2.45, 2.75) is 13.8 Å². The summed E-state index contributed by atoms with van der Waals surface area (Å²) in [6, 6.07) is 4.49. The number of anilines is 1. The van der Waals surface area contributed by atoms with Gasteiger partial charge in [0.05, 0.1) is 20.3 Å². The molecule has 7 heteroatoms. The standard InChI is InChI=1S/C15H19NO6/c1-4-21-14(18)11(15(19)22-5-2)9-16-10-6-7-12(17)13(8-10)20-3/h6-9,16-17H,4-5H2,1-3H3. The van der Waals surface area contributed by atoms with Crippen LogP contribution in [0.1, 0.15) is 13.8 Å². The average Bonchev–Trinajstić information content (AvgIpc) is 2.49. The van der Waals surface area contributed by atoms with Crippen LogP contribution in [0.15, 0.2) is 30.0 Å². The minimum absolute atomic E-state index is 0.0203. The molecule has 1 aromatic carbocycles. The summed E-state index contributed by atoms with van der Waals surface area (Å²) in [5.74, 6) is -1.32. The Balaban J connectivity index is 2.97. The third kappa shape index (κ3) is 4.69. The van der Waals surface area contributed by atoms with Gasteiger partial charge in [-0.1, -0.05) is 0 Å². The molecule has 0 amide bonds. The summed E-state index contributed by atoms with van der Waals surface area (Å²) in [4.78, 5) is 23.5. The average molecular weight is 309 g/mol. The van der Waals surface area contributed by atoms with E-state index in [1.807, 2.05) is 0 Å². The molecule has 0 atom stereocenters. The quantitative estimate of drug-likeness (QED) is 0.261. The number of benzene rings is 1. The second kappa shape index (κ2) is 8.56.